The molecule has 1 aromatic carbocycles. The van der Waals surface area contributed by atoms with Crippen LogP contribution in [-0.2, 0) is 4.79 Å². The fourth-order valence-corrected chi connectivity index (χ4v) is 3.50. The summed E-state index contributed by atoms with van der Waals surface area (Å²) in [5, 5.41) is 3.91. The number of hydrogen-bond donors (Lipinski definition) is 1. The second-order valence-electron chi connectivity index (χ2n) is 6.89. The van der Waals surface area contributed by atoms with E-state index in [0.29, 0.717) is 18.9 Å². The second kappa shape index (κ2) is 9.29. The van der Waals surface area contributed by atoms with Gasteiger partial charge in [0.15, 0.2) is 0 Å². The number of hydrogen-bond acceptors (Lipinski definition) is 2. The van der Waals surface area contributed by atoms with E-state index in [-0.39, 0.29) is 11.9 Å². The van der Waals surface area contributed by atoms with E-state index in [0.717, 1.165) is 23.7 Å². The van der Waals surface area contributed by atoms with Crippen molar-refractivity contribution in [2.75, 3.05) is 19.6 Å². The lowest BCUT2D eigenvalue weighted by Gasteiger charge is -2.32. The summed E-state index contributed by atoms with van der Waals surface area (Å²) in [6, 6.07) is 8.19. The summed E-state index contributed by atoms with van der Waals surface area (Å²) < 4.78 is 0. The first-order valence-corrected chi connectivity index (χ1v) is 9.21. The van der Waals surface area contributed by atoms with Crippen LogP contribution >= 0.6 is 11.6 Å². The van der Waals surface area contributed by atoms with Gasteiger partial charge in [-0.05, 0) is 43.5 Å². The lowest BCUT2D eigenvalue weighted by molar-refractivity contribution is -0.122. The van der Waals surface area contributed by atoms with Crippen molar-refractivity contribution in [2.45, 2.75) is 52.0 Å². The molecule has 0 unspecified atom stereocenters. The summed E-state index contributed by atoms with van der Waals surface area (Å²) in [4.78, 5) is 14.6. The van der Waals surface area contributed by atoms with Crippen LogP contribution in [0.1, 0.15) is 57.6 Å². The lowest BCUT2D eigenvalue weighted by atomic mass is 10.0. The zero-order chi connectivity index (χ0) is 16.7. The lowest BCUT2D eigenvalue weighted by Crippen LogP contribution is -2.39. The van der Waals surface area contributed by atoms with Crippen LogP contribution < -0.4 is 5.32 Å². The molecule has 1 N–H and O–H groups in total. The summed E-state index contributed by atoms with van der Waals surface area (Å²) in [6.45, 7) is 6.93. The highest BCUT2D eigenvalue weighted by molar-refractivity contribution is 6.31. The normalized spacial score (nSPS) is 17.7. The van der Waals surface area contributed by atoms with Crippen molar-refractivity contribution in [3.63, 3.8) is 0 Å². The molecule has 4 heteroatoms. The Labute approximate surface area is 145 Å². The van der Waals surface area contributed by atoms with Gasteiger partial charge in [0.25, 0.3) is 0 Å². The second-order valence-corrected chi connectivity index (χ2v) is 7.30. The van der Waals surface area contributed by atoms with Crippen LogP contribution in [0.3, 0.4) is 0 Å². The molecule has 1 atom stereocenters. The molecule has 0 radical (unpaired) electrons. The quantitative estimate of drug-likeness (QED) is 0.834. The first-order chi connectivity index (χ1) is 11.1. The van der Waals surface area contributed by atoms with E-state index >= 15 is 0 Å². The third kappa shape index (κ3) is 5.82. The molecule has 128 valence electrons. The highest BCUT2D eigenvalue weighted by Gasteiger charge is 2.23. The third-order valence-electron chi connectivity index (χ3n) is 4.43. The maximum atomic E-state index is 12.1. The molecule has 1 heterocycles. The molecular formula is C19H29ClN2O. The molecule has 1 saturated heterocycles. The van der Waals surface area contributed by atoms with Crippen molar-refractivity contribution in [2.24, 2.45) is 5.92 Å². The molecule has 0 spiro atoms. The minimum atomic E-state index is 0.131. The number of carbonyl (C=O) groups is 1. The molecule has 0 bridgehead atoms. The Balaban J connectivity index is 2.11. The average molecular weight is 337 g/mol. The highest BCUT2D eigenvalue weighted by atomic mass is 35.5. The van der Waals surface area contributed by atoms with Crippen LogP contribution in [0, 0.1) is 5.92 Å². The van der Waals surface area contributed by atoms with Crippen molar-refractivity contribution in [3.05, 3.63) is 34.9 Å². The predicted octanol–water partition coefficient (Wildman–Crippen LogP) is 4.42. The molecule has 1 aliphatic heterocycles. The highest BCUT2D eigenvalue weighted by Crippen LogP contribution is 2.29. The van der Waals surface area contributed by atoms with E-state index in [1.54, 1.807) is 0 Å². The molecule has 3 nitrogen and oxygen atoms in total. The minimum Gasteiger partial charge on any atom is -0.354 e. The standard InChI is InChI=1S/C19H29ClN2O/c1-15(2)13-19(23)21-14-18(16-9-5-6-10-17(16)20)22-11-7-3-4-8-12-22/h5-6,9-10,15,18H,3-4,7-8,11-14H2,1-2H3,(H,21,23)/t18-/m1/s1. The Morgan fingerprint density at radius 3 is 2.43 bits per heavy atom. The fraction of sp³-hybridized carbons (Fsp3) is 0.632. The summed E-state index contributed by atoms with van der Waals surface area (Å²) in [7, 11) is 0. The largest absolute Gasteiger partial charge is 0.354 e. The van der Waals surface area contributed by atoms with Gasteiger partial charge >= 0.3 is 0 Å². The van der Waals surface area contributed by atoms with E-state index < -0.39 is 0 Å². The van der Waals surface area contributed by atoms with Gasteiger partial charge in [-0.3, -0.25) is 9.69 Å². The van der Waals surface area contributed by atoms with Gasteiger partial charge in [-0.2, -0.15) is 0 Å². The number of benzene rings is 1. The number of nitrogens with one attached hydrogen (secondary N) is 1. The van der Waals surface area contributed by atoms with E-state index in [9.17, 15) is 4.79 Å². The van der Waals surface area contributed by atoms with Crippen LogP contribution in [0.4, 0.5) is 0 Å². The maximum absolute atomic E-state index is 12.1. The zero-order valence-corrected chi connectivity index (χ0v) is 15.1. The van der Waals surface area contributed by atoms with Gasteiger partial charge < -0.3 is 5.32 Å². The van der Waals surface area contributed by atoms with Crippen molar-refractivity contribution in [1.29, 1.82) is 0 Å². The Morgan fingerprint density at radius 1 is 1.17 bits per heavy atom. The van der Waals surface area contributed by atoms with Crippen LogP contribution in [0.5, 0.6) is 0 Å². The Kier molecular flexibility index (Phi) is 7.38. The third-order valence-corrected chi connectivity index (χ3v) is 4.78. The van der Waals surface area contributed by atoms with Gasteiger partial charge in [-0.15, -0.1) is 0 Å². The van der Waals surface area contributed by atoms with Gasteiger partial charge in [0.05, 0.1) is 6.04 Å². The molecule has 0 saturated carbocycles. The molecule has 0 aliphatic carbocycles. The minimum absolute atomic E-state index is 0.131. The SMILES string of the molecule is CC(C)CC(=O)NC[C@H](c1ccccc1Cl)N1CCCCCC1. The molecule has 1 aromatic rings. The van der Waals surface area contributed by atoms with Crippen LogP contribution in [0.2, 0.25) is 5.02 Å². The molecule has 1 fully saturated rings. The van der Waals surface area contributed by atoms with Gasteiger partial charge in [0.2, 0.25) is 5.91 Å². The van der Waals surface area contributed by atoms with Crippen LogP contribution in [0.15, 0.2) is 24.3 Å². The summed E-state index contributed by atoms with van der Waals surface area (Å²) in [5.74, 6) is 0.513. The number of rotatable bonds is 6. The van der Waals surface area contributed by atoms with E-state index in [2.05, 4.69) is 30.1 Å². The molecular weight excluding hydrogens is 308 g/mol. The van der Waals surface area contributed by atoms with Crippen LogP contribution in [0.25, 0.3) is 0 Å². The first-order valence-electron chi connectivity index (χ1n) is 8.83. The van der Waals surface area contributed by atoms with E-state index in [1.807, 2.05) is 18.2 Å². The number of halogens is 1. The summed E-state index contributed by atoms with van der Waals surface area (Å²) in [6.07, 6.45) is 5.62. The maximum Gasteiger partial charge on any atom is 0.220 e. The molecule has 2 rings (SSSR count). The summed E-state index contributed by atoms with van der Waals surface area (Å²) >= 11 is 6.44. The molecule has 1 aliphatic rings. The fourth-order valence-electron chi connectivity index (χ4n) is 3.24. The molecule has 23 heavy (non-hydrogen) atoms. The number of carbonyl (C=O) groups excluding carboxylic acids is 1. The monoisotopic (exact) mass is 336 g/mol. The Morgan fingerprint density at radius 2 is 1.83 bits per heavy atom. The smallest absolute Gasteiger partial charge is 0.220 e. The number of amides is 1. The average Bonchev–Trinajstić information content (AvgIpc) is 2.78. The Hall–Kier alpha value is -1.06. The van der Waals surface area contributed by atoms with Gasteiger partial charge in [0.1, 0.15) is 0 Å². The van der Waals surface area contributed by atoms with Crippen molar-refractivity contribution in [3.8, 4) is 0 Å². The zero-order valence-electron chi connectivity index (χ0n) is 14.4. The number of likely N-dealkylation sites (tertiary alicyclic amines) is 1. The molecule has 1 amide bonds. The van der Waals surface area contributed by atoms with Crippen molar-refractivity contribution in [1.82, 2.24) is 10.2 Å². The summed E-state index contributed by atoms with van der Waals surface area (Å²) in [5.41, 5.74) is 1.13. The van der Waals surface area contributed by atoms with Gasteiger partial charge in [-0.25, -0.2) is 0 Å². The molecule has 0 aromatic heterocycles. The first kappa shape index (κ1) is 18.3. The van der Waals surface area contributed by atoms with Crippen molar-refractivity contribution >= 4 is 17.5 Å². The number of nitrogens with zero attached hydrogens (tertiary/aromatic N) is 1. The van der Waals surface area contributed by atoms with Crippen LogP contribution in [-0.4, -0.2) is 30.4 Å². The van der Waals surface area contributed by atoms with Gasteiger partial charge in [-0.1, -0.05) is 56.5 Å². The predicted molar refractivity (Wildman–Crippen MR) is 96.7 cm³/mol. The Bertz CT molecular complexity index is 496. The van der Waals surface area contributed by atoms with E-state index in [1.165, 1.54) is 25.7 Å². The van der Waals surface area contributed by atoms with E-state index in [4.69, 9.17) is 11.6 Å². The van der Waals surface area contributed by atoms with Crippen molar-refractivity contribution < 1.29 is 4.79 Å². The van der Waals surface area contributed by atoms with Gasteiger partial charge in [0, 0.05) is 18.0 Å². The topological polar surface area (TPSA) is 32.3 Å².